The van der Waals surface area contributed by atoms with Crippen LogP contribution in [0, 0.1) is 5.82 Å². The molecule has 0 radical (unpaired) electrons. The zero-order chi connectivity index (χ0) is 11.3. The molecule has 3 heteroatoms. The van der Waals surface area contributed by atoms with Crippen LogP contribution in [0.2, 0.25) is 0 Å². The van der Waals surface area contributed by atoms with Crippen molar-refractivity contribution in [1.29, 1.82) is 0 Å². The Kier molecular flexibility index (Phi) is 1.89. The second-order valence-electron chi connectivity index (χ2n) is 4.84. The van der Waals surface area contributed by atoms with Crippen molar-refractivity contribution < 1.29 is 4.39 Å². The molecule has 0 amide bonds. The zero-order valence-electron chi connectivity index (χ0n) is 9.26. The van der Waals surface area contributed by atoms with E-state index < -0.39 is 0 Å². The Hall–Kier alpha value is -1.35. The Balaban J connectivity index is 2.19. The molecule has 0 spiro atoms. The summed E-state index contributed by atoms with van der Waals surface area (Å²) < 4.78 is 14.0. The summed E-state index contributed by atoms with van der Waals surface area (Å²) in [7, 11) is 0. The topological polar surface area (TPSA) is 41.8 Å². The van der Waals surface area contributed by atoms with Crippen molar-refractivity contribution in [2.75, 3.05) is 0 Å². The maximum absolute atomic E-state index is 14.0. The van der Waals surface area contributed by atoms with Crippen LogP contribution in [0.5, 0.6) is 0 Å². The molecule has 1 aliphatic rings. The lowest BCUT2D eigenvalue weighted by atomic mass is 9.88. The van der Waals surface area contributed by atoms with Gasteiger partial charge in [-0.25, -0.2) is 4.39 Å². The Bertz CT molecular complexity index is 538. The summed E-state index contributed by atoms with van der Waals surface area (Å²) >= 11 is 0. The van der Waals surface area contributed by atoms with Crippen molar-refractivity contribution in [3.05, 3.63) is 35.8 Å². The van der Waals surface area contributed by atoms with Crippen LogP contribution < -0.4 is 5.73 Å². The number of hydrogen-bond acceptors (Lipinski definition) is 1. The Morgan fingerprint density at radius 2 is 2.19 bits per heavy atom. The summed E-state index contributed by atoms with van der Waals surface area (Å²) in [6.45, 7) is 1.96. The van der Waals surface area contributed by atoms with Crippen LogP contribution >= 0.6 is 0 Å². The van der Waals surface area contributed by atoms with Gasteiger partial charge in [-0.1, -0.05) is 0 Å². The van der Waals surface area contributed by atoms with Gasteiger partial charge in [0.25, 0.3) is 0 Å². The third kappa shape index (κ3) is 1.21. The Morgan fingerprint density at radius 3 is 2.81 bits per heavy atom. The highest BCUT2D eigenvalue weighted by Gasteiger charge is 2.49. The van der Waals surface area contributed by atoms with Gasteiger partial charge in [0.2, 0.25) is 0 Å². The quantitative estimate of drug-likeness (QED) is 0.799. The van der Waals surface area contributed by atoms with Gasteiger partial charge in [-0.15, -0.1) is 0 Å². The number of benzene rings is 1. The first kappa shape index (κ1) is 9.85. The number of nitrogens with two attached hydrogens (primary N) is 1. The molecule has 16 heavy (non-hydrogen) atoms. The number of nitrogens with one attached hydrogen (secondary N) is 1. The van der Waals surface area contributed by atoms with Crippen LogP contribution in [-0.2, 0) is 5.41 Å². The molecule has 1 fully saturated rings. The van der Waals surface area contributed by atoms with Crippen LogP contribution in [0.15, 0.2) is 24.4 Å². The van der Waals surface area contributed by atoms with E-state index in [4.69, 9.17) is 5.73 Å². The van der Waals surface area contributed by atoms with Crippen molar-refractivity contribution in [2.24, 2.45) is 5.73 Å². The summed E-state index contributed by atoms with van der Waals surface area (Å²) in [6.07, 6.45) is 3.82. The average Bonchev–Trinajstić information content (AvgIpc) is 2.92. The first-order valence-corrected chi connectivity index (χ1v) is 5.66. The second kappa shape index (κ2) is 3.08. The van der Waals surface area contributed by atoms with Crippen molar-refractivity contribution in [2.45, 2.75) is 31.2 Å². The lowest BCUT2D eigenvalue weighted by molar-refractivity contribution is 0.513. The van der Waals surface area contributed by atoms with E-state index in [0.29, 0.717) is 0 Å². The molecule has 3 rings (SSSR count). The van der Waals surface area contributed by atoms with Crippen molar-refractivity contribution in [3.8, 4) is 0 Å². The van der Waals surface area contributed by atoms with E-state index in [2.05, 4.69) is 4.98 Å². The average molecular weight is 218 g/mol. The molecule has 3 N–H and O–H groups in total. The molecule has 2 aromatic rings. The fourth-order valence-corrected chi connectivity index (χ4v) is 2.56. The standard InChI is InChI=1S/C13H15FN2/c1-8(15)13(3-4-13)10-7-12-9(2-5-16-12)6-11(10)14/h2,5-8,16H,3-4,15H2,1H3. The fourth-order valence-electron chi connectivity index (χ4n) is 2.56. The third-order valence-corrected chi connectivity index (χ3v) is 3.84. The first-order chi connectivity index (χ1) is 7.63. The number of rotatable bonds is 2. The minimum atomic E-state index is -0.123. The van der Waals surface area contributed by atoms with Gasteiger partial charge in [0, 0.05) is 28.6 Å². The van der Waals surface area contributed by atoms with Gasteiger partial charge in [0.1, 0.15) is 5.82 Å². The van der Waals surface area contributed by atoms with Gasteiger partial charge in [-0.2, -0.15) is 0 Å². The van der Waals surface area contributed by atoms with E-state index in [9.17, 15) is 4.39 Å². The highest BCUT2D eigenvalue weighted by Crippen LogP contribution is 2.51. The van der Waals surface area contributed by atoms with Gasteiger partial charge in [-0.05, 0) is 43.5 Å². The summed E-state index contributed by atoms with van der Waals surface area (Å²) in [4.78, 5) is 3.12. The predicted octanol–water partition coefficient (Wildman–Crippen LogP) is 2.69. The maximum atomic E-state index is 14.0. The fraction of sp³-hybridized carbons (Fsp3) is 0.385. The molecule has 2 nitrogen and oxygen atoms in total. The molecule has 0 bridgehead atoms. The van der Waals surface area contributed by atoms with Crippen molar-refractivity contribution in [3.63, 3.8) is 0 Å². The molecule has 1 unspecified atom stereocenters. The van der Waals surface area contributed by atoms with E-state index >= 15 is 0 Å². The molecular formula is C13H15FN2. The van der Waals surface area contributed by atoms with Crippen LogP contribution in [0.4, 0.5) is 4.39 Å². The van der Waals surface area contributed by atoms with Gasteiger partial charge in [0.05, 0.1) is 0 Å². The number of aromatic amines is 1. The maximum Gasteiger partial charge on any atom is 0.127 e. The SMILES string of the molecule is CC(N)C1(c2cc3[nH]ccc3cc2F)CC1. The van der Waals surface area contributed by atoms with Crippen LogP contribution in [-0.4, -0.2) is 11.0 Å². The first-order valence-electron chi connectivity index (χ1n) is 5.66. The van der Waals surface area contributed by atoms with Gasteiger partial charge in [0.15, 0.2) is 0 Å². The van der Waals surface area contributed by atoms with Gasteiger partial charge in [-0.3, -0.25) is 0 Å². The summed E-state index contributed by atoms with van der Waals surface area (Å²) in [5.41, 5.74) is 7.62. The van der Waals surface area contributed by atoms with Crippen molar-refractivity contribution in [1.82, 2.24) is 4.98 Å². The summed E-state index contributed by atoms with van der Waals surface area (Å²) in [6, 6.07) is 5.41. The molecule has 84 valence electrons. The Morgan fingerprint density at radius 1 is 1.44 bits per heavy atom. The van der Waals surface area contributed by atoms with Gasteiger partial charge >= 0.3 is 0 Å². The van der Waals surface area contributed by atoms with Crippen molar-refractivity contribution >= 4 is 10.9 Å². The number of hydrogen-bond donors (Lipinski definition) is 2. The smallest absolute Gasteiger partial charge is 0.127 e. The lowest BCUT2D eigenvalue weighted by Gasteiger charge is -2.20. The molecule has 1 heterocycles. The molecule has 1 atom stereocenters. The predicted molar refractivity (Wildman–Crippen MR) is 62.8 cm³/mol. The molecule has 1 aliphatic carbocycles. The largest absolute Gasteiger partial charge is 0.361 e. The highest BCUT2D eigenvalue weighted by atomic mass is 19.1. The van der Waals surface area contributed by atoms with Gasteiger partial charge < -0.3 is 10.7 Å². The lowest BCUT2D eigenvalue weighted by Crippen LogP contribution is -2.32. The zero-order valence-corrected chi connectivity index (χ0v) is 9.26. The van der Waals surface area contributed by atoms with Crippen LogP contribution in [0.1, 0.15) is 25.3 Å². The molecule has 0 aliphatic heterocycles. The number of aromatic nitrogens is 1. The monoisotopic (exact) mass is 218 g/mol. The van der Waals surface area contributed by atoms with E-state index in [1.165, 1.54) is 0 Å². The minimum Gasteiger partial charge on any atom is -0.361 e. The molecule has 1 saturated carbocycles. The normalized spacial score (nSPS) is 19.9. The summed E-state index contributed by atoms with van der Waals surface area (Å²) in [5.74, 6) is -0.123. The molecule has 1 aromatic heterocycles. The highest BCUT2D eigenvalue weighted by molar-refractivity contribution is 5.80. The van der Waals surface area contributed by atoms with E-state index in [1.807, 2.05) is 25.3 Å². The number of fused-ring (bicyclic) bond motifs is 1. The molecule has 0 saturated heterocycles. The minimum absolute atomic E-state index is 0.00872. The summed E-state index contributed by atoms with van der Waals surface area (Å²) in [5, 5.41) is 0.918. The second-order valence-corrected chi connectivity index (χ2v) is 4.84. The van der Waals surface area contributed by atoms with E-state index in [1.54, 1.807) is 6.07 Å². The van der Waals surface area contributed by atoms with Crippen LogP contribution in [0.25, 0.3) is 10.9 Å². The van der Waals surface area contributed by atoms with Crippen LogP contribution in [0.3, 0.4) is 0 Å². The molecular weight excluding hydrogens is 203 g/mol. The van der Waals surface area contributed by atoms with E-state index in [0.717, 1.165) is 29.3 Å². The molecule has 1 aromatic carbocycles. The van der Waals surface area contributed by atoms with E-state index in [-0.39, 0.29) is 17.3 Å². The number of halogens is 1. The Labute approximate surface area is 93.6 Å². The number of H-pyrrole nitrogens is 1. The third-order valence-electron chi connectivity index (χ3n) is 3.84.